The zero-order chi connectivity index (χ0) is 13.2. The van der Waals surface area contributed by atoms with Crippen LogP contribution in [0, 0.1) is 0 Å². The van der Waals surface area contributed by atoms with E-state index in [1.807, 2.05) is 30.3 Å². The Labute approximate surface area is 108 Å². The lowest BCUT2D eigenvalue weighted by Gasteiger charge is -1.97. The molecule has 19 heavy (non-hydrogen) atoms. The van der Waals surface area contributed by atoms with Crippen LogP contribution in [-0.2, 0) is 11.2 Å². The number of rotatable bonds is 3. The number of aromatic nitrogens is 2. The van der Waals surface area contributed by atoms with Crippen molar-refractivity contribution in [3.63, 3.8) is 0 Å². The van der Waals surface area contributed by atoms with Gasteiger partial charge >= 0.3 is 5.97 Å². The van der Waals surface area contributed by atoms with Crippen molar-refractivity contribution in [1.29, 1.82) is 0 Å². The third-order valence-corrected chi connectivity index (χ3v) is 2.71. The summed E-state index contributed by atoms with van der Waals surface area (Å²) < 4.78 is 5.63. The Balaban J connectivity index is 1.95. The third kappa shape index (κ3) is 2.30. The van der Waals surface area contributed by atoms with Crippen molar-refractivity contribution in [2.24, 2.45) is 0 Å². The van der Waals surface area contributed by atoms with Crippen molar-refractivity contribution in [3.05, 3.63) is 48.3 Å². The highest BCUT2D eigenvalue weighted by Gasteiger charge is 2.09. The molecule has 2 heterocycles. The number of fused-ring (bicyclic) bond motifs is 1. The smallest absolute Gasteiger partial charge is 0.307 e. The van der Waals surface area contributed by atoms with Crippen molar-refractivity contribution in [3.8, 4) is 11.6 Å². The van der Waals surface area contributed by atoms with E-state index >= 15 is 0 Å². The van der Waals surface area contributed by atoms with Gasteiger partial charge in [0.1, 0.15) is 5.58 Å². The lowest BCUT2D eigenvalue weighted by Crippen LogP contribution is -2.01. The van der Waals surface area contributed by atoms with Gasteiger partial charge in [-0.1, -0.05) is 18.2 Å². The first kappa shape index (κ1) is 11.4. The Hall–Kier alpha value is -2.69. The molecule has 5 nitrogen and oxygen atoms in total. The highest BCUT2D eigenvalue weighted by molar-refractivity contribution is 5.81. The predicted octanol–water partition coefficient (Wildman–Crippen LogP) is 2.52. The van der Waals surface area contributed by atoms with Gasteiger partial charge in [-0.15, -0.1) is 0 Å². The standard InChI is InChI=1S/C14H10N2O3/c17-13(18)5-9-7-15-14(16-8-9)12-6-10-3-1-2-4-11(10)19-12/h1-4,6-8H,5H2,(H,17,18). The molecule has 0 amide bonds. The fourth-order valence-electron chi connectivity index (χ4n) is 1.84. The molecule has 0 saturated heterocycles. The zero-order valence-electron chi connectivity index (χ0n) is 9.91. The number of nitrogens with zero attached hydrogens (tertiary/aromatic N) is 2. The maximum atomic E-state index is 10.6. The SMILES string of the molecule is O=C(O)Cc1cnc(-c2cc3ccccc3o2)nc1. The minimum atomic E-state index is -0.903. The molecule has 0 unspecified atom stereocenters. The highest BCUT2D eigenvalue weighted by atomic mass is 16.4. The quantitative estimate of drug-likeness (QED) is 0.777. The van der Waals surface area contributed by atoms with E-state index in [4.69, 9.17) is 9.52 Å². The number of hydrogen-bond donors (Lipinski definition) is 1. The third-order valence-electron chi connectivity index (χ3n) is 2.71. The number of furan rings is 1. The number of carboxylic acids is 1. The Morgan fingerprint density at radius 2 is 1.95 bits per heavy atom. The summed E-state index contributed by atoms with van der Waals surface area (Å²) in [5.74, 6) is 0.119. The number of para-hydroxylation sites is 1. The topological polar surface area (TPSA) is 76.2 Å². The molecule has 0 aliphatic heterocycles. The second-order valence-electron chi connectivity index (χ2n) is 4.13. The summed E-state index contributed by atoms with van der Waals surface area (Å²) in [6, 6.07) is 9.51. The maximum absolute atomic E-state index is 10.6. The molecule has 0 fully saturated rings. The van der Waals surface area contributed by atoms with E-state index in [2.05, 4.69) is 9.97 Å². The summed E-state index contributed by atoms with van der Waals surface area (Å²) in [6.45, 7) is 0. The van der Waals surface area contributed by atoms with Crippen molar-refractivity contribution < 1.29 is 14.3 Å². The second kappa shape index (κ2) is 4.53. The van der Waals surface area contributed by atoms with Crippen molar-refractivity contribution in [2.45, 2.75) is 6.42 Å². The zero-order valence-corrected chi connectivity index (χ0v) is 9.91. The molecule has 0 radical (unpaired) electrons. The number of carboxylic acid groups (broad SMARTS) is 1. The first-order chi connectivity index (χ1) is 9.22. The van der Waals surface area contributed by atoms with Gasteiger partial charge in [0.15, 0.2) is 11.6 Å². The number of carbonyl (C=O) groups is 1. The minimum Gasteiger partial charge on any atom is -0.481 e. The maximum Gasteiger partial charge on any atom is 0.307 e. The van der Waals surface area contributed by atoms with Crippen LogP contribution in [0.1, 0.15) is 5.56 Å². The largest absolute Gasteiger partial charge is 0.481 e. The summed E-state index contributed by atoms with van der Waals surface area (Å²) in [6.07, 6.45) is 2.92. The number of hydrogen-bond acceptors (Lipinski definition) is 4. The molecule has 3 aromatic rings. The van der Waals surface area contributed by atoms with E-state index in [0.29, 0.717) is 17.1 Å². The first-order valence-corrected chi connectivity index (χ1v) is 5.74. The van der Waals surface area contributed by atoms with Crippen LogP contribution in [0.5, 0.6) is 0 Å². The molecule has 94 valence electrons. The van der Waals surface area contributed by atoms with Crippen molar-refractivity contribution >= 4 is 16.9 Å². The van der Waals surface area contributed by atoms with Gasteiger partial charge in [0, 0.05) is 17.8 Å². The van der Waals surface area contributed by atoms with Gasteiger partial charge in [-0.05, 0) is 17.7 Å². The van der Waals surface area contributed by atoms with Crippen LogP contribution in [0.4, 0.5) is 0 Å². The second-order valence-corrected chi connectivity index (χ2v) is 4.13. The molecule has 0 aliphatic rings. The molecule has 0 atom stereocenters. The van der Waals surface area contributed by atoms with Gasteiger partial charge in [0.2, 0.25) is 0 Å². The van der Waals surface area contributed by atoms with Crippen LogP contribution in [0.3, 0.4) is 0 Å². The fourth-order valence-corrected chi connectivity index (χ4v) is 1.84. The van der Waals surface area contributed by atoms with Gasteiger partial charge in [-0.3, -0.25) is 4.79 Å². The molecule has 0 bridgehead atoms. The lowest BCUT2D eigenvalue weighted by atomic mass is 10.2. The molecule has 1 aromatic carbocycles. The van der Waals surface area contributed by atoms with E-state index in [-0.39, 0.29) is 6.42 Å². The van der Waals surface area contributed by atoms with Gasteiger partial charge < -0.3 is 9.52 Å². The molecule has 3 rings (SSSR count). The van der Waals surface area contributed by atoms with Crippen molar-refractivity contribution in [2.75, 3.05) is 0 Å². The fraction of sp³-hybridized carbons (Fsp3) is 0.0714. The Bertz CT molecular complexity index is 699. The van der Waals surface area contributed by atoms with Crippen LogP contribution in [-0.4, -0.2) is 21.0 Å². The minimum absolute atomic E-state index is 0.0829. The summed E-state index contributed by atoms with van der Waals surface area (Å²) in [4.78, 5) is 18.8. The Morgan fingerprint density at radius 3 is 2.63 bits per heavy atom. The first-order valence-electron chi connectivity index (χ1n) is 5.74. The van der Waals surface area contributed by atoms with E-state index in [9.17, 15) is 4.79 Å². The summed E-state index contributed by atoms with van der Waals surface area (Å²) in [7, 11) is 0. The molecular formula is C14H10N2O3. The van der Waals surface area contributed by atoms with E-state index in [1.54, 1.807) is 0 Å². The molecule has 1 N–H and O–H groups in total. The normalized spacial score (nSPS) is 10.7. The molecule has 0 aliphatic carbocycles. The lowest BCUT2D eigenvalue weighted by molar-refractivity contribution is -0.136. The van der Waals surface area contributed by atoms with Crippen LogP contribution >= 0.6 is 0 Å². The molecule has 5 heteroatoms. The van der Waals surface area contributed by atoms with E-state index in [0.717, 1.165) is 11.0 Å². The number of aliphatic carboxylic acids is 1. The molecular weight excluding hydrogens is 244 g/mol. The van der Waals surface area contributed by atoms with Crippen molar-refractivity contribution in [1.82, 2.24) is 9.97 Å². The van der Waals surface area contributed by atoms with Crippen LogP contribution in [0.2, 0.25) is 0 Å². The predicted molar refractivity (Wildman–Crippen MR) is 68.6 cm³/mol. The van der Waals surface area contributed by atoms with Crippen LogP contribution in [0.15, 0.2) is 47.1 Å². The van der Waals surface area contributed by atoms with Crippen LogP contribution in [0.25, 0.3) is 22.6 Å². The molecule has 0 spiro atoms. The number of benzene rings is 1. The van der Waals surface area contributed by atoms with Gasteiger partial charge in [0.25, 0.3) is 0 Å². The average Bonchev–Trinajstić information content (AvgIpc) is 2.82. The van der Waals surface area contributed by atoms with E-state index < -0.39 is 5.97 Å². The Kier molecular flexibility index (Phi) is 2.72. The Morgan fingerprint density at radius 1 is 1.21 bits per heavy atom. The molecule has 0 saturated carbocycles. The van der Waals surface area contributed by atoms with Crippen LogP contribution < -0.4 is 0 Å². The summed E-state index contributed by atoms with van der Waals surface area (Å²) in [5.41, 5.74) is 1.34. The van der Waals surface area contributed by atoms with Gasteiger partial charge in [-0.2, -0.15) is 0 Å². The summed E-state index contributed by atoms with van der Waals surface area (Å²) >= 11 is 0. The molecule has 2 aromatic heterocycles. The average molecular weight is 254 g/mol. The summed E-state index contributed by atoms with van der Waals surface area (Å²) in [5, 5.41) is 9.66. The highest BCUT2D eigenvalue weighted by Crippen LogP contribution is 2.24. The van der Waals surface area contributed by atoms with Gasteiger partial charge in [0.05, 0.1) is 6.42 Å². The van der Waals surface area contributed by atoms with Gasteiger partial charge in [-0.25, -0.2) is 9.97 Å². The monoisotopic (exact) mass is 254 g/mol. The van der Waals surface area contributed by atoms with E-state index in [1.165, 1.54) is 12.4 Å².